The zero-order valence-electron chi connectivity index (χ0n) is 12.8. The Balaban J connectivity index is 1.75. The van der Waals surface area contributed by atoms with Crippen molar-refractivity contribution in [2.24, 2.45) is 5.73 Å². The molecule has 0 aliphatic carbocycles. The van der Waals surface area contributed by atoms with Crippen LogP contribution in [0.15, 0.2) is 24.3 Å². The summed E-state index contributed by atoms with van der Waals surface area (Å²) >= 11 is 0. The summed E-state index contributed by atoms with van der Waals surface area (Å²) < 4.78 is 0. The van der Waals surface area contributed by atoms with Gasteiger partial charge in [-0.1, -0.05) is 25.1 Å². The molecular formula is C16H26N4O. The first-order valence-electron chi connectivity index (χ1n) is 7.75. The molecule has 1 heterocycles. The highest BCUT2D eigenvalue weighted by atomic mass is 16.1. The summed E-state index contributed by atoms with van der Waals surface area (Å²) in [6.45, 7) is 8.90. The number of rotatable bonds is 6. The Labute approximate surface area is 127 Å². The maximum atomic E-state index is 12.1. The van der Waals surface area contributed by atoms with Crippen LogP contribution in [0, 0.1) is 0 Å². The maximum Gasteiger partial charge on any atom is 0.225 e. The number of nitrogens with two attached hydrogens (primary N) is 1. The van der Waals surface area contributed by atoms with E-state index in [0.717, 1.165) is 50.5 Å². The van der Waals surface area contributed by atoms with Gasteiger partial charge in [0.25, 0.3) is 0 Å². The van der Waals surface area contributed by atoms with E-state index >= 15 is 0 Å². The smallest absolute Gasteiger partial charge is 0.225 e. The van der Waals surface area contributed by atoms with Gasteiger partial charge in [-0.25, -0.2) is 0 Å². The topological polar surface area (TPSA) is 61.6 Å². The fourth-order valence-corrected chi connectivity index (χ4v) is 2.62. The molecule has 5 heteroatoms. The molecule has 5 nitrogen and oxygen atoms in total. The first kappa shape index (κ1) is 15.9. The van der Waals surface area contributed by atoms with Crippen LogP contribution in [0.4, 0.5) is 5.69 Å². The lowest BCUT2D eigenvalue weighted by molar-refractivity contribution is -0.116. The lowest BCUT2D eigenvalue weighted by atomic mass is 10.1. The van der Waals surface area contributed by atoms with Crippen LogP contribution in [0.1, 0.15) is 18.9 Å². The standard InChI is InChI=1S/C16H26N4O/c1-2-19-9-11-20(12-10-19)8-7-16(21)18-15-6-4-3-5-14(15)13-17/h3-6H,2,7-13,17H2,1H3,(H,18,21). The Morgan fingerprint density at radius 1 is 1.19 bits per heavy atom. The van der Waals surface area contributed by atoms with Gasteiger partial charge in [0.2, 0.25) is 5.91 Å². The van der Waals surface area contributed by atoms with Crippen molar-refractivity contribution in [3.8, 4) is 0 Å². The van der Waals surface area contributed by atoms with Crippen molar-refractivity contribution >= 4 is 11.6 Å². The van der Waals surface area contributed by atoms with Crippen LogP contribution in [0.3, 0.4) is 0 Å². The van der Waals surface area contributed by atoms with E-state index < -0.39 is 0 Å². The number of likely N-dealkylation sites (N-methyl/N-ethyl adjacent to an activating group) is 1. The largest absolute Gasteiger partial charge is 0.326 e. The Morgan fingerprint density at radius 2 is 1.86 bits per heavy atom. The molecule has 2 rings (SSSR count). The molecule has 1 fully saturated rings. The van der Waals surface area contributed by atoms with Gasteiger partial charge < -0.3 is 20.9 Å². The molecular weight excluding hydrogens is 264 g/mol. The van der Waals surface area contributed by atoms with Crippen LogP contribution in [-0.2, 0) is 11.3 Å². The predicted molar refractivity (Wildman–Crippen MR) is 86.1 cm³/mol. The van der Waals surface area contributed by atoms with Gasteiger partial charge in [0, 0.05) is 51.4 Å². The van der Waals surface area contributed by atoms with Crippen LogP contribution in [0.25, 0.3) is 0 Å². The van der Waals surface area contributed by atoms with E-state index in [9.17, 15) is 4.79 Å². The van der Waals surface area contributed by atoms with Gasteiger partial charge in [-0.05, 0) is 18.2 Å². The van der Waals surface area contributed by atoms with Crippen LogP contribution >= 0.6 is 0 Å². The third-order valence-electron chi connectivity index (χ3n) is 4.08. The highest BCUT2D eigenvalue weighted by molar-refractivity contribution is 5.91. The maximum absolute atomic E-state index is 12.1. The van der Waals surface area contributed by atoms with Crippen molar-refractivity contribution < 1.29 is 4.79 Å². The quantitative estimate of drug-likeness (QED) is 0.824. The van der Waals surface area contributed by atoms with Crippen molar-refractivity contribution in [3.05, 3.63) is 29.8 Å². The number of hydrogen-bond acceptors (Lipinski definition) is 4. The van der Waals surface area contributed by atoms with Crippen LogP contribution < -0.4 is 11.1 Å². The van der Waals surface area contributed by atoms with Crippen molar-refractivity contribution in [3.63, 3.8) is 0 Å². The van der Waals surface area contributed by atoms with Crippen LogP contribution in [0.2, 0.25) is 0 Å². The molecule has 0 atom stereocenters. The molecule has 1 saturated heterocycles. The summed E-state index contributed by atoms with van der Waals surface area (Å²) in [7, 11) is 0. The highest BCUT2D eigenvalue weighted by Crippen LogP contribution is 2.14. The molecule has 0 radical (unpaired) electrons. The number of para-hydroxylation sites is 1. The molecule has 116 valence electrons. The Morgan fingerprint density at radius 3 is 2.52 bits per heavy atom. The summed E-state index contributed by atoms with van der Waals surface area (Å²) in [5.74, 6) is 0.0637. The zero-order valence-corrected chi connectivity index (χ0v) is 12.8. The minimum atomic E-state index is 0.0637. The average Bonchev–Trinajstić information content (AvgIpc) is 2.54. The number of hydrogen-bond donors (Lipinski definition) is 2. The van der Waals surface area contributed by atoms with Gasteiger partial charge in [-0.3, -0.25) is 4.79 Å². The second-order valence-electron chi connectivity index (χ2n) is 5.44. The zero-order chi connectivity index (χ0) is 15.1. The molecule has 0 bridgehead atoms. The van der Waals surface area contributed by atoms with E-state index in [1.54, 1.807) is 0 Å². The number of amides is 1. The van der Waals surface area contributed by atoms with Gasteiger partial charge in [-0.2, -0.15) is 0 Å². The molecule has 0 aromatic heterocycles. The van der Waals surface area contributed by atoms with Crippen molar-refractivity contribution in [2.45, 2.75) is 19.9 Å². The monoisotopic (exact) mass is 290 g/mol. The third-order valence-corrected chi connectivity index (χ3v) is 4.08. The van der Waals surface area contributed by atoms with E-state index in [1.807, 2.05) is 24.3 Å². The van der Waals surface area contributed by atoms with E-state index in [2.05, 4.69) is 22.0 Å². The number of carbonyl (C=O) groups is 1. The van der Waals surface area contributed by atoms with Gasteiger partial charge in [0.05, 0.1) is 0 Å². The predicted octanol–water partition coefficient (Wildman–Crippen LogP) is 1.11. The molecule has 1 aliphatic heterocycles. The number of nitrogens with one attached hydrogen (secondary N) is 1. The lowest BCUT2D eigenvalue weighted by Crippen LogP contribution is -2.46. The lowest BCUT2D eigenvalue weighted by Gasteiger charge is -2.33. The third kappa shape index (κ3) is 4.81. The van der Waals surface area contributed by atoms with Gasteiger partial charge in [-0.15, -0.1) is 0 Å². The Hall–Kier alpha value is -1.43. The summed E-state index contributed by atoms with van der Waals surface area (Å²) in [5.41, 5.74) is 7.49. The SMILES string of the molecule is CCN1CCN(CCC(=O)Nc2ccccc2CN)CC1. The molecule has 1 amide bonds. The van der Waals surface area contributed by atoms with Crippen molar-refractivity contribution in [2.75, 3.05) is 44.6 Å². The number of nitrogens with zero attached hydrogens (tertiary/aromatic N) is 2. The first-order valence-corrected chi connectivity index (χ1v) is 7.75. The number of anilines is 1. The second kappa shape index (κ2) is 8.12. The molecule has 1 aromatic carbocycles. The first-order chi connectivity index (χ1) is 10.2. The fraction of sp³-hybridized carbons (Fsp3) is 0.562. The van der Waals surface area contributed by atoms with E-state index in [0.29, 0.717) is 13.0 Å². The minimum Gasteiger partial charge on any atom is -0.326 e. The minimum absolute atomic E-state index is 0.0637. The van der Waals surface area contributed by atoms with Gasteiger partial charge in [0.15, 0.2) is 0 Å². The molecule has 21 heavy (non-hydrogen) atoms. The number of benzene rings is 1. The molecule has 3 N–H and O–H groups in total. The van der Waals surface area contributed by atoms with E-state index in [-0.39, 0.29) is 5.91 Å². The molecule has 0 spiro atoms. The van der Waals surface area contributed by atoms with Crippen LogP contribution in [0.5, 0.6) is 0 Å². The summed E-state index contributed by atoms with van der Waals surface area (Å²) in [6, 6.07) is 7.70. The molecule has 0 unspecified atom stereocenters. The molecule has 0 saturated carbocycles. The fourth-order valence-electron chi connectivity index (χ4n) is 2.62. The summed E-state index contributed by atoms with van der Waals surface area (Å²) in [6.07, 6.45) is 0.533. The highest BCUT2D eigenvalue weighted by Gasteiger charge is 2.16. The average molecular weight is 290 g/mol. The second-order valence-corrected chi connectivity index (χ2v) is 5.44. The van der Waals surface area contributed by atoms with E-state index in [4.69, 9.17) is 5.73 Å². The van der Waals surface area contributed by atoms with Crippen LogP contribution in [-0.4, -0.2) is 55.0 Å². The summed E-state index contributed by atoms with van der Waals surface area (Å²) in [4.78, 5) is 16.9. The van der Waals surface area contributed by atoms with Crippen molar-refractivity contribution in [1.82, 2.24) is 9.80 Å². The Kier molecular flexibility index (Phi) is 6.17. The number of piperazine rings is 1. The normalized spacial score (nSPS) is 16.9. The molecule has 1 aromatic rings. The molecule has 1 aliphatic rings. The van der Waals surface area contributed by atoms with E-state index in [1.165, 1.54) is 0 Å². The van der Waals surface area contributed by atoms with Gasteiger partial charge >= 0.3 is 0 Å². The number of carbonyl (C=O) groups excluding carboxylic acids is 1. The summed E-state index contributed by atoms with van der Waals surface area (Å²) in [5, 5.41) is 2.96. The van der Waals surface area contributed by atoms with Crippen molar-refractivity contribution in [1.29, 1.82) is 0 Å². The van der Waals surface area contributed by atoms with Gasteiger partial charge in [0.1, 0.15) is 0 Å². The Bertz CT molecular complexity index is 455.